The van der Waals surface area contributed by atoms with Gasteiger partial charge in [0.05, 0.1) is 10.6 Å². The van der Waals surface area contributed by atoms with Gasteiger partial charge in [-0.15, -0.1) is 0 Å². The predicted molar refractivity (Wildman–Crippen MR) is 103 cm³/mol. The van der Waals surface area contributed by atoms with Gasteiger partial charge in [-0.25, -0.2) is 0 Å². The second-order valence-corrected chi connectivity index (χ2v) is 9.15. The Morgan fingerprint density at radius 1 is 1.32 bits per heavy atom. The first-order valence-corrected chi connectivity index (χ1v) is 9.64. The molecule has 0 bridgehead atoms. The average molecular weight is 359 g/mol. The number of benzene rings is 1. The standard InChI is InChI=1S/C20H26N2O2S/c1-13-9-14(12-20(2,3)11-13)21-18(23)10-17-19(24)22(4)15-7-5-6-8-16(15)25-17/h5-8,10,13-14H,9,11-12H2,1-4H3,(H,21,23)/b17-10+. The van der Waals surface area contributed by atoms with Crippen molar-refractivity contribution >= 4 is 29.3 Å². The number of para-hydroxylation sites is 1. The number of nitrogens with zero attached hydrogens (tertiary/aromatic N) is 1. The minimum Gasteiger partial charge on any atom is -0.350 e. The number of likely N-dealkylation sites (N-methyl/N-ethyl adjacent to an activating group) is 1. The first-order chi connectivity index (χ1) is 11.7. The van der Waals surface area contributed by atoms with E-state index in [0.29, 0.717) is 10.8 Å². The van der Waals surface area contributed by atoms with E-state index in [1.807, 2.05) is 24.3 Å². The summed E-state index contributed by atoms with van der Waals surface area (Å²) in [4.78, 5) is 28.1. The summed E-state index contributed by atoms with van der Waals surface area (Å²) < 4.78 is 0. The summed E-state index contributed by atoms with van der Waals surface area (Å²) in [5.74, 6) is 0.306. The molecule has 1 fully saturated rings. The van der Waals surface area contributed by atoms with Crippen LogP contribution >= 0.6 is 11.8 Å². The molecule has 0 spiro atoms. The van der Waals surface area contributed by atoms with Crippen LogP contribution in [0.4, 0.5) is 5.69 Å². The molecule has 25 heavy (non-hydrogen) atoms. The minimum absolute atomic E-state index is 0.129. The number of anilines is 1. The molecule has 2 aliphatic rings. The summed E-state index contributed by atoms with van der Waals surface area (Å²) in [5.41, 5.74) is 1.13. The Bertz CT molecular complexity index is 726. The van der Waals surface area contributed by atoms with Crippen molar-refractivity contribution in [2.75, 3.05) is 11.9 Å². The molecule has 134 valence electrons. The van der Waals surface area contributed by atoms with Crippen LogP contribution < -0.4 is 10.2 Å². The molecular formula is C20H26N2O2S. The summed E-state index contributed by atoms with van der Waals surface area (Å²) in [5, 5.41) is 3.11. The van der Waals surface area contributed by atoms with Crippen molar-refractivity contribution < 1.29 is 9.59 Å². The van der Waals surface area contributed by atoms with Crippen LogP contribution in [-0.2, 0) is 9.59 Å². The summed E-state index contributed by atoms with van der Waals surface area (Å²) in [6, 6.07) is 7.93. The monoisotopic (exact) mass is 358 g/mol. The van der Waals surface area contributed by atoms with E-state index in [9.17, 15) is 9.59 Å². The van der Waals surface area contributed by atoms with Crippen molar-refractivity contribution in [1.82, 2.24) is 5.32 Å². The van der Waals surface area contributed by atoms with Crippen LogP contribution in [0.5, 0.6) is 0 Å². The second-order valence-electron chi connectivity index (χ2n) is 8.06. The van der Waals surface area contributed by atoms with E-state index in [-0.39, 0.29) is 23.3 Å². The van der Waals surface area contributed by atoms with Gasteiger partial charge in [0.1, 0.15) is 0 Å². The molecule has 0 saturated heterocycles. The topological polar surface area (TPSA) is 49.4 Å². The summed E-state index contributed by atoms with van der Waals surface area (Å²) >= 11 is 1.37. The van der Waals surface area contributed by atoms with E-state index in [2.05, 4.69) is 26.1 Å². The maximum absolute atomic E-state index is 12.5. The highest BCUT2D eigenvalue weighted by Gasteiger charge is 2.33. The van der Waals surface area contributed by atoms with E-state index in [0.717, 1.165) is 23.4 Å². The zero-order valence-electron chi connectivity index (χ0n) is 15.3. The maximum atomic E-state index is 12.5. The van der Waals surface area contributed by atoms with E-state index in [1.54, 1.807) is 11.9 Å². The number of fused-ring (bicyclic) bond motifs is 1. The quantitative estimate of drug-likeness (QED) is 0.814. The molecule has 0 aromatic heterocycles. The fourth-order valence-corrected chi connectivity index (χ4v) is 5.25. The third-order valence-corrected chi connectivity index (χ3v) is 6.03. The second kappa shape index (κ2) is 6.87. The highest BCUT2D eigenvalue weighted by Crippen LogP contribution is 2.41. The highest BCUT2D eigenvalue weighted by atomic mass is 32.2. The van der Waals surface area contributed by atoms with Crippen molar-refractivity contribution in [3.8, 4) is 0 Å². The number of carbonyl (C=O) groups excluding carboxylic acids is 2. The third kappa shape index (κ3) is 4.09. The van der Waals surface area contributed by atoms with E-state index in [1.165, 1.54) is 24.3 Å². The number of rotatable bonds is 2. The van der Waals surface area contributed by atoms with Crippen LogP contribution in [0.2, 0.25) is 0 Å². The molecular weight excluding hydrogens is 332 g/mol. The van der Waals surface area contributed by atoms with Crippen LogP contribution in [-0.4, -0.2) is 24.9 Å². The van der Waals surface area contributed by atoms with Gasteiger partial charge in [-0.1, -0.05) is 44.7 Å². The van der Waals surface area contributed by atoms with Gasteiger partial charge in [0.2, 0.25) is 5.91 Å². The lowest BCUT2D eigenvalue weighted by atomic mass is 9.70. The van der Waals surface area contributed by atoms with Gasteiger partial charge in [0, 0.05) is 24.1 Å². The third-order valence-electron chi connectivity index (χ3n) is 4.96. The molecule has 2 amide bonds. The molecule has 4 nitrogen and oxygen atoms in total. The molecule has 2 unspecified atom stereocenters. The predicted octanol–water partition coefficient (Wildman–Crippen LogP) is 3.97. The first-order valence-electron chi connectivity index (χ1n) is 8.82. The van der Waals surface area contributed by atoms with Crippen molar-refractivity contribution in [1.29, 1.82) is 0 Å². The smallest absolute Gasteiger partial charge is 0.265 e. The van der Waals surface area contributed by atoms with Crippen molar-refractivity contribution in [2.45, 2.75) is 51.0 Å². The van der Waals surface area contributed by atoms with Crippen LogP contribution in [0, 0.1) is 11.3 Å². The number of nitrogens with one attached hydrogen (secondary N) is 1. The molecule has 1 heterocycles. The summed E-state index contributed by atoms with van der Waals surface area (Å²) in [7, 11) is 1.75. The lowest BCUT2D eigenvalue weighted by Gasteiger charge is -2.39. The maximum Gasteiger partial charge on any atom is 0.265 e. The Kier molecular flexibility index (Phi) is 4.96. The Hall–Kier alpha value is -1.75. The lowest BCUT2D eigenvalue weighted by Crippen LogP contribution is -2.42. The molecule has 2 atom stereocenters. The molecule has 5 heteroatoms. The fraction of sp³-hybridized carbons (Fsp3) is 0.500. The molecule has 1 saturated carbocycles. The van der Waals surface area contributed by atoms with Gasteiger partial charge < -0.3 is 10.2 Å². The van der Waals surface area contributed by atoms with Crippen molar-refractivity contribution in [3.05, 3.63) is 35.2 Å². The summed E-state index contributed by atoms with van der Waals surface area (Å²) in [6.07, 6.45) is 4.64. The Morgan fingerprint density at radius 3 is 2.76 bits per heavy atom. The summed E-state index contributed by atoms with van der Waals surface area (Å²) in [6.45, 7) is 6.75. The largest absolute Gasteiger partial charge is 0.350 e. The van der Waals surface area contributed by atoms with Gasteiger partial charge in [0.15, 0.2) is 0 Å². The SMILES string of the molecule is CC1CC(NC(=O)/C=C2/Sc3ccccc3N(C)C2=O)CC(C)(C)C1. The minimum atomic E-state index is -0.168. The van der Waals surface area contributed by atoms with Crippen molar-refractivity contribution in [2.24, 2.45) is 11.3 Å². The molecule has 1 N–H and O–H groups in total. The fourth-order valence-electron chi connectivity index (χ4n) is 4.17. The molecule has 1 aliphatic heterocycles. The van der Waals surface area contributed by atoms with Gasteiger partial charge in [-0.05, 0) is 42.7 Å². The van der Waals surface area contributed by atoms with Gasteiger partial charge in [-0.3, -0.25) is 9.59 Å². The number of amides is 2. The van der Waals surface area contributed by atoms with Gasteiger partial charge in [-0.2, -0.15) is 0 Å². The Balaban J connectivity index is 1.72. The van der Waals surface area contributed by atoms with Crippen LogP contribution in [0.3, 0.4) is 0 Å². The van der Waals surface area contributed by atoms with Crippen molar-refractivity contribution in [3.63, 3.8) is 0 Å². The molecule has 1 aliphatic carbocycles. The highest BCUT2D eigenvalue weighted by molar-refractivity contribution is 8.04. The number of thioether (sulfide) groups is 1. The van der Waals surface area contributed by atoms with Crippen LogP contribution in [0.1, 0.15) is 40.0 Å². The van der Waals surface area contributed by atoms with Crippen LogP contribution in [0.15, 0.2) is 40.1 Å². The van der Waals surface area contributed by atoms with Gasteiger partial charge >= 0.3 is 0 Å². The molecule has 3 rings (SSSR count). The molecule has 1 aromatic carbocycles. The molecule has 0 radical (unpaired) electrons. The van der Waals surface area contributed by atoms with E-state index in [4.69, 9.17) is 0 Å². The number of carbonyl (C=O) groups is 2. The first kappa shape index (κ1) is 18.1. The lowest BCUT2D eigenvalue weighted by molar-refractivity contribution is -0.118. The Morgan fingerprint density at radius 2 is 2.04 bits per heavy atom. The van der Waals surface area contributed by atoms with E-state index < -0.39 is 0 Å². The van der Waals surface area contributed by atoms with E-state index >= 15 is 0 Å². The number of hydrogen-bond acceptors (Lipinski definition) is 3. The van der Waals surface area contributed by atoms with Crippen LogP contribution in [0.25, 0.3) is 0 Å². The molecule has 1 aromatic rings. The zero-order chi connectivity index (χ0) is 18.2. The zero-order valence-corrected chi connectivity index (χ0v) is 16.2. The number of hydrogen-bond donors (Lipinski definition) is 1. The average Bonchev–Trinajstić information content (AvgIpc) is 2.50. The Labute approximate surface area is 154 Å². The van der Waals surface area contributed by atoms with Gasteiger partial charge in [0.25, 0.3) is 5.91 Å². The normalized spacial score (nSPS) is 27.1.